The third kappa shape index (κ3) is 2.57. The average Bonchev–Trinajstić information content (AvgIpc) is 2.46. The number of carbonyl (C=O) groups is 1. The van der Waals surface area contributed by atoms with Gasteiger partial charge in [0.2, 0.25) is 11.9 Å². The Hall–Kier alpha value is -1.73. The van der Waals surface area contributed by atoms with Crippen molar-refractivity contribution in [2.75, 3.05) is 31.7 Å². The number of aromatic nitrogens is 2. The molecule has 1 aromatic heterocycles. The van der Waals surface area contributed by atoms with Crippen LogP contribution in [0.4, 0.5) is 5.95 Å². The summed E-state index contributed by atoms with van der Waals surface area (Å²) in [7, 11) is 1.59. The first-order chi connectivity index (χ1) is 8.76. The molecule has 1 aliphatic heterocycles. The van der Waals surface area contributed by atoms with E-state index in [4.69, 9.17) is 9.84 Å². The van der Waals surface area contributed by atoms with Gasteiger partial charge >= 0.3 is 0 Å². The number of ether oxygens (including phenoxy) is 1. The number of hydrogen-bond acceptors (Lipinski definition) is 6. The molecule has 7 nitrogen and oxygen atoms in total. The minimum atomic E-state index is -0.413. The number of aliphatic hydroxyl groups excluding tert-OH is 1. The molecule has 7 heteroatoms. The van der Waals surface area contributed by atoms with Crippen LogP contribution in [0.3, 0.4) is 0 Å². The van der Waals surface area contributed by atoms with E-state index in [1.165, 1.54) is 0 Å². The van der Waals surface area contributed by atoms with Gasteiger partial charge in [-0.15, -0.1) is 0 Å². The van der Waals surface area contributed by atoms with Crippen LogP contribution in [0.2, 0.25) is 0 Å². The summed E-state index contributed by atoms with van der Waals surface area (Å²) in [6, 6.07) is -0.413. The zero-order valence-corrected chi connectivity index (χ0v) is 10.2. The van der Waals surface area contributed by atoms with Gasteiger partial charge in [-0.2, -0.15) is 0 Å². The van der Waals surface area contributed by atoms with E-state index in [9.17, 15) is 4.79 Å². The SMILES string of the molecule is CNC(=O)C1COCCN1c1ncc(CO)cn1. The summed E-state index contributed by atoms with van der Waals surface area (Å²) in [6.45, 7) is 1.34. The molecular weight excluding hydrogens is 236 g/mol. The molecule has 1 amide bonds. The molecule has 1 aromatic rings. The predicted octanol–water partition coefficient (Wildman–Crippen LogP) is -1.08. The Morgan fingerprint density at radius 3 is 2.94 bits per heavy atom. The van der Waals surface area contributed by atoms with Crippen molar-refractivity contribution < 1.29 is 14.6 Å². The molecule has 18 heavy (non-hydrogen) atoms. The topological polar surface area (TPSA) is 87.6 Å². The third-order valence-corrected chi connectivity index (χ3v) is 2.81. The molecule has 1 atom stereocenters. The van der Waals surface area contributed by atoms with Crippen LogP contribution < -0.4 is 10.2 Å². The lowest BCUT2D eigenvalue weighted by molar-refractivity contribution is -0.124. The third-order valence-electron chi connectivity index (χ3n) is 2.81. The van der Waals surface area contributed by atoms with E-state index in [1.54, 1.807) is 19.4 Å². The molecule has 1 unspecified atom stereocenters. The first-order valence-electron chi connectivity index (χ1n) is 5.74. The zero-order chi connectivity index (χ0) is 13.0. The van der Waals surface area contributed by atoms with Crippen molar-refractivity contribution in [3.05, 3.63) is 18.0 Å². The van der Waals surface area contributed by atoms with Crippen molar-refractivity contribution in [1.29, 1.82) is 0 Å². The smallest absolute Gasteiger partial charge is 0.244 e. The van der Waals surface area contributed by atoms with Gasteiger partial charge in [0.25, 0.3) is 0 Å². The maximum Gasteiger partial charge on any atom is 0.244 e. The molecule has 0 aromatic carbocycles. The maximum absolute atomic E-state index is 11.7. The van der Waals surface area contributed by atoms with E-state index < -0.39 is 6.04 Å². The lowest BCUT2D eigenvalue weighted by Gasteiger charge is -2.34. The normalized spacial score (nSPS) is 19.7. The minimum absolute atomic E-state index is 0.0950. The number of amides is 1. The van der Waals surface area contributed by atoms with Crippen LogP contribution in [-0.2, 0) is 16.1 Å². The summed E-state index contributed by atoms with van der Waals surface area (Å²) in [6.07, 6.45) is 3.11. The second-order valence-electron chi connectivity index (χ2n) is 3.95. The second kappa shape index (κ2) is 5.74. The van der Waals surface area contributed by atoms with Crippen LogP contribution in [0.15, 0.2) is 12.4 Å². The van der Waals surface area contributed by atoms with Gasteiger partial charge in [0, 0.05) is 31.5 Å². The Labute approximate surface area is 105 Å². The Kier molecular flexibility index (Phi) is 4.06. The Morgan fingerprint density at radius 1 is 1.61 bits per heavy atom. The Balaban J connectivity index is 2.19. The fourth-order valence-electron chi connectivity index (χ4n) is 1.80. The van der Waals surface area contributed by atoms with Crippen LogP contribution >= 0.6 is 0 Å². The predicted molar refractivity (Wildman–Crippen MR) is 64.0 cm³/mol. The van der Waals surface area contributed by atoms with E-state index in [-0.39, 0.29) is 12.5 Å². The fraction of sp³-hybridized carbons (Fsp3) is 0.545. The van der Waals surface area contributed by atoms with E-state index in [0.717, 1.165) is 0 Å². The van der Waals surface area contributed by atoms with E-state index in [0.29, 0.717) is 31.3 Å². The monoisotopic (exact) mass is 252 g/mol. The summed E-state index contributed by atoms with van der Waals surface area (Å²) in [5, 5.41) is 11.5. The van der Waals surface area contributed by atoms with Gasteiger partial charge in [-0.25, -0.2) is 9.97 Å². The van der Waals surface area contributed by atoms with Gasteiger partial charge in [0.1, 0.15) is 6.04 Å². The quantitative estimate of drug-likeness (QED) is 0.711. The van der Waals surface area contributed by atoms with Crippen molar-refractivity contribution in [3.63, 3.8) is 0 Å². The molecule has 2 rings (SSSR count). The lowest BCUT2D eigenvalue weighted by Crippen LogP contribution is -2.54. The molecule has 0 radical (unpaired) electrons. The number of aliphatic hydroxyl groups is 1. The number of nitrogens with one attached hydrogen (secondary N) is 1. The summed E-state index contributed by atoms with van der Waals surface area (Å²) in [4.78, 5) is 21.9. The highest BCUT2D eigenvalue weighted by Gasteiger charge is 2.30. The number of likely N-dealkylation sites (N-methyl/N-ethyl adjacent to an activating group) is 1. The summed E-state index contributed by atoms with van der Waals surface area (Å²) in [5.41, 5.74) is 0.642. The van der Waals surface area contributed by atoms with Gasteiger partial charge in [-0.3, -0.25) is 4.79 Å². The van der Waals surface area contributed by atoms with Crippen LogP contribution in [0, 0.1) is 0 Å². The Bertz CT molecular complexity index is 409. The number of anilines is 1. The molecule has 1 fully saturated rings. The largest absolute Gasteiger partial charge is 0.392 e. The molecule has 1 aliphatic rings. The van der Waals surface area contributed by atoms with Gasteiger partial charge in [0.15, 0.2) is 0 Å². The summed E-state index contributed by atoms with van der Waals surface area (Å²) >= 11 is 0. The fourth-order valence-corrected chi connectivity index (χ4v) is 1.80. The zero-order valence-electron chi connectivity index (χ0n) is 10.2. The molecule has 2 N–H and O–H groups in total. The summed E-state index contributed by atoms with van der Waals surface area (Å²) in [5.74, 6) is 0.355. The van der Waals surface area contributed by atoms with Crippen molar-refractivity contribution >= 4 is 11.9 Å². The summed E-state index contributed by atoms with van der Waals surface area (Å²) < 4.78 is 5.30. The van der Waals surface area contributed by atoms with Crippen LogP contribution in [0.1, 0.15) is 5.56 Å². The number of carbonyl (C=O) groups excluding carboxylic acids is 1. The highest BCUT2D eigenvalue weighted by atomic mass is 16.5. The molecule has 0 aliphatic carbocycles. The second-order valence-corrected chi connectivity index (χ2v) is 3.95. The highest BCUT2D eigenvalue weighted by Crippen LogP contribution is 2.15. The molecule has 98 valence electrons. The van der Waals surface area contributed by atoms with Gasteiger partial charge in [0.05, 0.1) is 19.8 Å². The Morgan fingerprint density at radius 2 is 2.33 bits per heavy atom. The lowest BCUT2D eigenvalue weighted by atomic mass is 10.2. The van der Waals surface area contributed by atoms with Crippen molar-refractivity contribution in [3.8, 4) is 0 Å². The van der Waals surface area contributed by atoms with Gasteiger partial charge in [-0.05, 0) is 0 Å². The molecule has 0 bridgehead atoms. The highest BCUT2D eigenvalue weighted by molar-refractivity contribution is 5.84. The van der Waals surface area contributed by atoms with Gasteiger partial charge < -0.3 is 20.1 Å². The number of rotatable bonds is 3. The van der Waals surface area contributed by atoms with E-state index in [2.05, 4.69) is 15.3 Å². The average molecular weight is 252 g/mol. The number of nitrogens with zero attached hydrogens (tertiary/aromatic N) is 3. The standard InChI is InChI=1S/C11H16N4O3/c1-12-10(17)9-7-18-3-2-15(9)11-13-4-8(6-16)5-14-11/h4-5,9,16H,2-3,6-7H2,1H3,(H,12,17). The number of hydrogen-bond donors (Lipinski definition) is 2. The first-order valence-corrected chi connectivity index (χ1v) is 5.74. The molecular formula is C11H16N4O3. The van der Waals surface area contributed by atoms with Crippen LogP contribution in [0.5, 0.6) is 0 Å². The van der Waals surface area contributed by atoms with Crippen LogP contribution in [-0.4, -0.2) is 53.8 Å². The molecule has 0 spiro atoms. The first kappa shape index (κ1) is 12.7. The van der Waals surface area contributed by atoms with Crippen LogP contribution in [0.25, 0.3) is 0 Å². The number of morpholine rings is 1. The van der Waals surface area contributed by atoms with E-state index >= 15 is 0 Å². The molecule has 2 heterocycles. The molecule has 1 saturated heterocycles. The van der Waals surface area contributed by atoms with Crippen molar-refractivity contribution in [2.24, 2.45) is 0 Å². The van der Waals surface area contributed by atoms with Crippen molar-refractivity contribution in [1.82, 2.24) is 15.3 Å². The minimum Gasteiger partial charge on any atom is -0.392 e. The maximum atomic E-state index is 11.7. The van der Waals surface area contributed by atoms with Gasteiger partial charge in [-0.1, -0.05) is 0 Å². The van der Waals surface area contributed by atoms with E-state index in [1.807, 2.05) is 4.90 Å². The molecule has 0 saturated carbocycles. The van der Waals surface area contributed by atoms with Crippen molar-refractivity contribution in [2.45, 2.75) is 12.6 Å².